The molecule has 0 unspecified atom stereocenters. The van der Waals surface area contributed by atoms with Gasteiger partial charge in [-0.2, -0.15) is 5.10 Å². The fraction of sp³-hybridized carbons (Fsp3) is 0.129. The predicted octanol–water partition coefficient (Wildman–Crippen LogP) is 6.41. The van der Waals surface area contributed by atoms with Crippen molar-refractivity contribution in [2.24, 2.45) is 5.73 Å². The third-order valence-corrected chi connectivity index (χ3v) is 7.23. The summed E-state index contributed by atoms with van der Waals surface area (Å²) in [6.45, 7) is 4.50. The van der Waals surface area contributed by atoms with Gasteiger partial charge in [0, 0.05) is 21.0 Å². The van der Waals surface area contributed by atoms with Crippen molar-refractivity contribution in [1.29, 1.82) is 0 Å². The molecule has 0 aliphatic rings. The van der Waals surface area contributed by atoms with Crippen molar-refractivity contribution in [1.82, 2.24) is 15.1 Å². The first kappa shape index (κ1) is 25.4. The molecule has 38 heavy (non-hydrogen) atoms. The van der Waals surface area contributed by atoms with Crippen LogP contribution < -0.4 is 11.1 Å². The van der Waals surface area contributed by atoms with Gasteiger partial charge in [-0.1, -0.05) is 70.5 Å². The van der Waals surface area contributed by atoms with Gasteiger partial charge in [-0.05, 0) is 72.5 Å². The van der Waals surface area contributed by atoms with E-state index in [1.165, 1.54) is 0 Å². The number of benzene rings is 4. The average Bonchev–Trinajstić information content (AvgIpc) is 3.23. The van der Waals surface area contributed by atoms with Gasteiger partial charge < -0.3 is 11.1 Å². The van der Waals surface area contributed by atoms with Crippen LogP contribution in [0, 0.1) is 6.92 Å². The van der Waals surface area contributed by atoms with E-state index in [1.54, 1.807) is 12.1 Å². The number of aryl methyl sites for hydroxylation is 1. The van der Waals surface area contributed by atoms with E-state index in [9.17, 15) is 9.59 Å². The maximum absolute atomic E-state index is 13.0. The SMILES string of the molecule is Cc1nn(Cc2ccc(-c3ccccc3C(N)=O)cc2)c2ccc(C(=O)N[C@@H](C)c3ccc(Br)cc3)cc12. The molecule has 0 fully saturated rings. The van der Waals surface area contributed by atoms with Gasteiger partial charge >= 0.3 is 0 Å². The van der Waals surface area contributed by atoms with Crippen LogP contribution in [0.4, 0.5) is 0 Å². The Bertz CT molecular complexity index is 1640. The lowest BCUT2D eigenvalue weighted by Crippen LogP contribution is -2.26. The van der Waals surface area contributed by atoms with E-state index in [2.05, 4.69) is 21.2 Å². The fourth-order valence-corrected chi connectivity index (χ4v) is 4.89. The molecule has 1 heterocycles. The van der Waals surface area contributed by atoms with Gasteiger partial charge in [0.05, 0.1) is 23.8 Å². The number of carbonyl (C=O) groups excluding carboxylic acids is 2. The molecule has 5 aromatic rings. The predicted molar refractivity (Wildman–Crippen MR) is 154 cm³/mol. The molecule has 2 amide bonds. The van der Waals surface area contributed by atoms with Crippen LogP contribution in [0.2, 0.25) is 0 Å². The molecule has 1 aromatic heterocycles. The normalized spacial score (nSPS) is 11.9. The second-order valence-corrected chi connectivity index (χ2v) is 10.2. The number of carbonyl (C=O) groups is 2. The molecule has 0 aliphatic heterocycles. The number of nitrogens with zero attached hydrogens (tertiary/aromatic N) is 2. The quantitative estimate of drug-likeness (QED) is 0.238. The van der Waals surface area contributed by atoms with Crippen LogP contribution in [0.15, 0.2) is 95.5 Å². The largest absolute Gasteiger partial charge is 0.366 e. The van der Waals surface area contributed by atoms with Gasteiger partial charge in [-0.25, -0.2) is 0 Å². The summed E-state index contributed by atoms with van der Waals surface area (Å²) in [5.41, 5.74) is 12.3. The molecule has 4 aromatic carbocycles. The highest BCUT2D eigenvalue weighted by Gasteiger charge is 2.15. The molecule has 190 valence electrons. The van der Waals surface area contributed by atoms with Gasteiger partial charge in [0.1, 0.15) is 0 Å². The molecule has 0 saturated heterocycles. The second kappa shape index (κ2) is 10.6. The van der Waals surface area contributed by atoms with Crippen molar-refractivity contribution >= 4 is 38.6 Å². The number of rotatable bonds is 7. The van der Waals surface area contributed by atoms with Crippen molar-refractivity contribution in [3.63, 3.8) is 0 Å². The van der Waals surface area contributed by atoms with Gasteiger partial charge in [-0.3, -0.25) is 14.3 Å². The number of primary amides is 1. The van der Waals surface area contributed by atoms with Gasteiger partial charge in [0.2, 0.25) is 5.91 Å². The maximum atomic E-state index is 13.0. The Hall–Kier alpha value is -4.23. The van der Waals surface area contributed by atoms with Crippen LogP contribution in [-0.4, -0.2) is 21.6 Å². The first-order valence-corrected chi connectivity index (χ1v) is 13.1. The van der Waals surface area contributed by atoms with Crippen molar-refractivity contribution in [3.05, 3.63) is 123 Å². The Morgan fingerprint density at radius 2 is 1.68 bits per heavy atom. The minimum atomic E-state index is -0.445. The van der Waals surface area contributed by atoms with Crippen LogP contribution in [0.5, 0.6) is 0 Å². The summed E-state index contributed by atoms with van der Waals surface area (Å²) >= 11 is 3.44. The number of nitrogens with one attached hydrogen (secondary N) is 1. The smallest absolute Gasteiger partial charge is 0.251 e. The number of aromatic nitrogens is 2. The molecule has 0 saturated carbocycles. The van der Waals surface area contributed by atoms with Crippen LogP contribution in [-0.2, 0) is 6.54 Å². The zero-order valence-electron chi connectivity index (χ0n) is 21.1. The number of fused-ring (bicyclic) bond motifs is 1. The number of hydrogen-bond donors (Lipinski definition) is 2. The average molecular weight is 567 g/mol. The Morgan fingerprint density at radius 1 is 0.974 bits per heavy atom. The Morgan fingerprint density at radius 3 is 2.39 bits per heavy atom. The first-order chi connectivity index (χ1) is 18.3. The highest BCUT2D eigenvalue weighted by molar-refractivity contribution is 9.10. The Kier molecular flexibility index (Phi) is 7.11. The van der Waals surface area contributed by atoms with E-state index >= 15 is 0 Å². The molecule has 0 radical (unpaired) electrons. The van der Waals surface area contributed by atoms with E-state index in [0.29, 0.717) is 17.7 Å². The molecular formula is C31H27BrN4O2. The molecule has 5 rings (SSSR count). The molecule has 6 nitrogen and oxygen atoms in total. The number of nitrogens with two attached hydrogens (primary N) is 1. The lowest BCUT2D eigenvalue weighted by Gasteiger charge is -2.14. The molecule has 1 atom stereocenters. The standard InChI is InChI=1S/C31H27BrN4O2/c1-19(22-11-14-25(32)15-12-22)34-31(38)24-13-16-29-28(17-24)20(2)35-36(29)18-21-7-9-23(10-8-21)26-5-3-4-6-27(26)30(33)37/h3-17,19H,18H2,1-2H3,(H2,33,37)(H,34,38)/t19-/m0/s1. The van der Waals surface area contributed by atoms with E-state index in [1.807, 2.05) is 97.4 Å². The van der Waals surface area contributed by atoms with Crippen LogP contribution in [0.3, 0.4) is 0 Å². The molecule has 0 bridgehead atoms. The van der Waals surface area contributed by atoms with Crippen molar-refractivity contribution < 1.29 is 9.59 Å². The third-order valence-electron chi connectivity index (χ3n) is 6.70. The second-order valence-electron chi connectivity index (χ2n) is 9.33. The van der Waals surface area contributed by atoms with Crippen molar-refractivity contribution in [3.8, 4) is 11.1 Å². The Labute approximate surface area is 229 Å². The van der Waals surface area contributed by atoms with E-state index in [0.717, 1.165) is 43.3 Å². The van der Waals surface area contributed by atoms with E-state index in [-0.39, 0.29) is 11.9 Å². The fourth-order valence-electron chi connectivity index (χ4n) is 4.63. The number of halogens is 1. The highest BCUT2D eigenvalue weighted by Crippen LogP contribution is 2.26. The van der Waals surface area contributed by atoms with E-state index < -0.39 is 5.91 Å². The molecule has 0 spiro atoms. The zero-order valence-corrected chi connectivity index (χ0v) is 22.7. The lowest BCUT2D eigenvalue weighted by molar-refractivity contribution is 0.0939. The van der Waals surface area contributed by atoms with Crippen LogP contribution >= 0.6 is 15.9 Å². The molecule has 3 N–H and O–H groups in total. The molecule has 7 heteroatoms. The highest BCUT2D eigenvalue weighted by atomic mass is 79.9. The summed E-state index contributed by atoms with van der Waals surface area (Å²) < 4.78 is 2.95. The van der Waals surface area contributed by atoms with E-state index in [4.69, 9.17) is 10.8 Å². The van der Waals surface area contributed by atoms with Crippen molar-refractivity contribution in [2.75, 3.05) is 0 Å². The zero-order chi connectivity index (χ0) is 26.8. The summed E-state index contributed by atoms with van der Waals surface area (Å²) in [5, 5.41) is 8.77. The Balaban J connectivity index is 1.34. The lowest BCUT2D eigenvalue weighted by atomic mass is 9.98. The summed E-state index contributed by atoms with van der Waals surface area (Å²) in [7, 11) is 0. The first-order valence-electron chi connectivity index (χ1n) is 12.3. The summed E-state index contributed by atoms with van der Waals surface area (Å²) in [6.07, 6.45) is 0. The van der Waals surface area contributed by atoms with Crippen molar-refractivity contribution in [2.45, 2.75) is 26.4 Å². The number of amides is 2. The third kappa shape index (κ3) is 5.24. The van der Waals surface area contributed by atoms with Gasteiger partial charge in [0.25, 0.3) is 5.91 Å². The summed E-state index contributed by atoms with van der Waals surface area (Å²) in [5.74, 6) is -0.569. The minimum absolute atomic E-state index is 0.118. The number of hydrogen-bond acceptors (Lipinski definition) is 3. The van der Waals surface area contributed by atoms with Gasteiger partial charge in [-0.15, -0.1) is 0 Å². The van der Waals surface area contributed by atoms with Gasteiger partial charge in [0.15, 0.2) is 0 Å². The monoisotopic (exact) mass is 566 g/mol. The summed E-state index contributed by atoms with van der Waals surface area (Å²) in [4.78, 5) is 24.8. The molecular weight excluding hydrogens is 540 g/mol. The maximum Gasteiger partial charge on any atom is 0.251 e. The molecule has 0 aliphatic carbocycles. The minimum Gasteiger partial charge on any atom is -0.366 e. The topological polar surface area (TPSA) is 90.0 Å². The van der Waals surface area contributed by atoms with Crippen LogP contribution in [0.1, 0.15) is 50.5 Å². The van der Waals surface area contributed by atoms with Crippen LogP contribution in [0.25, 0.3) is 22.0 Å². The summed E-state index contributed by atoms with van der Waals surface area (Å²) in [6, 6.07) is 28.9.